The van der Waals surface area contributed by atoms with E-state index in [1.165, 1.54) is 45.6 Å². The van der Waals surface area contributed by atoms with Crippen LogP contribution in [0.2, 0.25) is 0 Å². The van der Waals surface area contributed by atoms with E-state index in [2.05, 4.69) is 0 Å². The minimum Gasteiger partial charge on any atom is -0.469 e. The van der Waals surface area contributed by atoms with Gasteiger partial charge >= 0.3 is 5.97 Å². The quantitative estimate of drug-likeness (QED) is 0.732. The maximum atomic E-state index is 12.3. The predicted octanol–water partition coefficient (Wildman–Crippen LogP) is 3.15. The smallest absolute Gasteiger partial charge is 0.310 e. The molecule has 0 radical (unpaired) electrons. The number of carbonyl (C=O) groups excluding carboxylic acids is 2. The number of esters is 1. The van der Waals surface area contributed by atoms with Crippen LogP contribution in [-0.4, -0.2) is 37.0 Å². The van der Waals surface area contributed by atoms with Gasteiger partial charge in [-0.2, -0.15) is 0 Å². The Hall–Kier alpha value is -1.06. The van der Waals surface area contributed by atoms with Gasteiger partial charge in [-0.15, -0.1) is 0 Å². The second-order valence-electron chi connectivity index (χ2n) is 6.60. The molecule has 0 aromatic carbocycles. The number of ether oxygens (including phenoxy) is 1. The highest BCUT2D eigenvalue weighted by Gasteiger charge is 2.28. The Morgan fingerprint density at radius 3 is 2.57 bits per heavy atom. The van der Waals surface area contributed by atoms with Crippen molar-refractivity contribution in [1.29, 1.82) is 0 Å². The maximum Gasteiger partial charge on any atom is 0.310 e. The van der Waals surface area contributed by atoms with Crippen LogP contribution < -0.4 is 0 Å². The molecule has 2 aliphatic rings. The van der Waals surface area contributed by atoms with Gasteiger partial charge in [-0.3, -0.25) is 9.59 Å². The van der Waals surface area contributed by atoms with E-state index < -0.39 is 0 Å². The van der Waals surface area contributed by atoms with Gasteiger partial charge in [-0.1, -0.05) is 32.1 Å². The van der Waals surface area contributed by atoms with Crippen LogP contribution in [0.4, 0.5) is 0 Å². The highest BCUT2D eigenvalue weighted by Crippen LogP contribution is 2.28. The number of amides is 1. The summed E-state index contributed by atoms with van der Waals surface area (Å²) in [6.45, 7) is 1.35. The Balaban J connectivity index is 1.68. The molecule has 120 valence electrons. The lowest BCUT2D eigenvalue weighted by Gasteiger charge is -2.31. The highest BCUT2D eigenvalue weighted by molar-refractivity contribution is 5.78. The fourth-order valence-electron chi connectivity index (χ4n) is 3.74. The molecular formula is C17H29NO3. The summed E-state index contributed by atoms with van der Waals surface area (Å²) in [5.41, 5.74) is 0. The van der Waals surface area contributed by atoms with Crippen molar-refractivity contribution in [3.8, 4) is 0 Å². The first kappa shape index (κ1) is 16.3. The fraction of sp³-hybridized carbons (Fsp3) is 0.882. The van der Waals surface area contributed by atoms with Crippen LogP contribution in [0.15, 0.2) is 0 Å². The molecule has 1 atom stereocenters. The molecule has 21 heavy (non-hydrogen) atoms. The van der Waals surface area contributed by atoms with Crippen LogP contribution in [-0.2, 0) is 14.3 Å². The van der Waals surface area contributed by atoms with Crippen molar-refractivity contribution in [1.82, 2.24) is 4.90 Å². The van der Waals surface area contributed by atoms with Crippen molar-refractivity contribution in [3.63, 3.8) is 0 Å². The number of rotatable bonds is 5. The minimum atomic E-state index is -0.172. The summed E-state index contributed by atoms with van der Waals surface area (Å²) in [6, 6.07) is 0. The zero-order valence-electron chi connectivity index (χ0n) is 13.3. The Bertz CT molecular complexity index is 350. The first-order valence-electron chi connectivity index (χ1n) is 8.56. The number of hydrogen-bond acceptors (Lipinski definition) is 3. The van der Waals surface area contributed by atoms with E-state index in [9.17, 15) is 9.59 Å². The van der Waals surface area contributed by atoms with Gasteiger partial charge < -0.3 is 9.64 Å². The number of nitrogens with zero attached hydrogens (tertiary/aromatic N) is 1. The maximum absolute atomic E-state index is 12.3. The largest absolute Gasteiger partial charge is 0.469 e. The number of piperidine rings is 1. The number of hydrogen-bond donors (Lipinski definition) is 0. The third kappa shape index (κ3) is 5.01. The van der Waals surface area contributed by atoms with Crippen LogP contribution >= 0.6 is 0 Å². The lowest BCUT2D eigenvalue weighted by Crippen LogP contribution is -2.42. The molecular weight excluding hydrogens is 266 g/mol. The molecule has 1 saturated heterocycles. The van der Waals surface area contributed by atoms with Gasteiger partial charge in [0.15, 0.2) is 0 Å². The predicted molar refractivity (Wildman–Crippen MR) is 81.7 cm³/mol. The second kappa shape index (κ2) is 8.40. The minimum absolute atomic E-state index is 0.119. The Labute approximate surface area is 128 Å². The van der Waals surface area contributed by atoms with Gasteiger partial charge in [-0.25, -0.2) is 0 Å². The number of likely N-dealkylation sites (tertiary alicyclic amines) is 1. The zero-order chi connectivity index (χ0) is 15.1. The Kier molecular flexibility index (Phi) is 6.52. The topological polar surface area (TPSA) is 46.6 Å². The standard InChI is InChI=1S/C17H29NO3/c1-21-17(20)15-10-6-12-18(13-15)16(19)11-5-9-14-7-3-2-4-8-14/h14-15H,2-13H2,1H3/t15-/m0/s1. The van der Waals surface area contributed by atoms with Crippen LogP contribution in [0.3, 0.4) is 0 Å². The lowest BCUT2D eigenvalue weighted by molar-refractivity contribution is -0.149. The van der Waals surface area contributed by atoms with Crippen molar-refractivity contribution >= 4 is 11.9 Å². The van der Waals surface area contributed by atoms with E-state index in [1.807, 2.05) is 4.90 Å². The molecule has 2 fully saturated rings. The summed E-state index contributed by atoms with van der Waals surface area (Å²) in [5.74, 6) is 0.774. The van der Waals surface area contributed by atoms with Crippen molar-refractivity contribution < 1.29 is 14.3 Å². The molecule has 0 spiro atoms. The molecule has 0 aromatic heterocycles. The molecule has 0 bridgehead atoms. The third-order valence-electron chi connectivity index (χ3n) is 5.04. The van der Waals surface area contributed by atoms with Gasteiger partial charge in [0.1, 0.15) is 0 Å². The summed E-state index contributed by atoms with van der Waals surface area (Å²) in [6.07, 6.45) is 11.4. The molecule has 1 aliphatic carbocycles. The van der Waals surface area contributed by atoms with Crippen LogP contribution in [0.1, 0.15) is 64.2 Å². The molecule has 1 amide bonds. The monoisotopic (exact) mass is 295 g/mol. The van der Waals surface area contributed by atoms with E-state index in [0.717, 1.165) is 31.7 Å². The fourth-order valence-corrected chi connectivity index (χ4v) is 3.74. The lowest BCUT2D eigenvalue weighted by atomic mass is 9.86. The van der Waals surface area contributed by atoms with Crippen molar-refractivity contribution in [2.24, 2.45) is 11.8 Å². The Morgan fingerprint density at radius 1 is 1.10 bits per heavy atom. The summed E-state index contributed by atoms with van der Waals surface area (Å²) in [7, 11) is 1.42. The van der Waals surface area contributed by atoms with Gasteiger partial charge in [0.25, 0.3) is 0 Å². The SMILES string of the molecule is COC(=O)[C@H]1CCCN(C(=O)CCCC2CCCCC2)C1. The van der Waals surface area contributed by atoms with Gasteiger partial charge in [0.2, 0.25) is 5.91 Å². The van der Waals surface area contributed by atoms with Crippen molar-refractivity contribution in [2.45, 2.75) is 64.2 Å². The van der Waals surface area contributed by atoms with E-state index in [0.29, 0.717) is 13.0 Å². The normalized spacial score (nSPS) is 23.9. The molecule has 1 heterocycles. The van der Waals surface area contributed by atoms with Crippen molar-refractivity contribution in [3.05, 3.63) is 0 Å². The molecule has 1 aliphatic heterocycles. The Morgan fingerprint density at radius 2 is 1.86 bits per heavy atom. The average Bonchev–Trinajstić information content (AvgIpc) is 2.55. The summed E-state index contributed by atoms with van der Waals surface area (Å²) < 4.78 is 4.80. The molecule has 2 rings (SSSR count). The van der Waals surface area contributed by atoms with E-state index in [-0.39, 0.29) is 17.8 Å². The van der Waals surface area contributed by atoms with Gasteiger partial charge in [0, 0.05) is 19.5 Å². The zero-order valence-corrected chi connectivity index (χ0v) is 13.3. The third-order valence-corrected chi connectivity index (χ3v) is 5.04. The van der Waals surface area contributed by atoms with E-state index in [4.69, 9.17) is 4.74 Å². The van der Waals surface area contributed by atoms with E-state index >= 15 is 0 Å². The number of carbonyl (C=O) groups is 2. The molecule has 4 heteroatoms. The van der Waals surface area contributed by atoms with Crippen LogP contribution in [0, 0.1) is 11.8 Å². The summed E-state index contributed by atoms with van der Waals surface area (Å²) in [5, 5.41) is 0. The second-order valence-corrected chi connectivity index (χ2v) is 6.60. The highest BCUT2D eigenvalue weighted by atomic mass is 16.5. The first-order chi connectivity index (χ1) is 10.2. The average molecular weight is 295 g/mol. The first-order valence-corrected chi connectivity index (χ1v) is 8.56. The van der Waals surface area contributed by atoms with Crippen molar-refractivity contribution in [2.75, 3.05) is 20.2 Å². The summed E-state index contributed by atoms with van der Waals surface area (Å²) in [4.78, 5) is 25.7. The summed E-state index contributed by atoms with van der Waals surface area (Å²) >= 11 is 0. The number of methoxy groups -OCH3 is 1. The molecule has 0 aromatic rings. The molecule has 0 N–H and O–H groups in total. The van der Waals surface area contributed by atoms with Crippen LogP contribution in [0.25, 0.3) is 0 Å². The van der Waals surface area contributed by atoms with Crippen LogP contribution in [0.5, 0.6) is 0 Å². The van der Waals surface area contributed by atoms with E-state index in [1.54, 1.807) is 0 Å². The molecule has 0 unspecified atom stereocenters. The van der Waals surface area contributed by atoms with Gasteiger partial charge in [0.05, 0.1) is 13.0 Å². The molecule has 1 saturated carbocycles. The molecule has 4 nitrogen and oxygen atoms in total. The van der Waals surface area contributed by atoms with Gasteiger partial charge in [-0.05, 0) is 31.6 Å².